The Morgan fingerprint density at radius 3 is 1.35 bits per heavy atom. The van der Waals surface area contributed by atoms with E-state index in [9.17, 15) is 0 Å². The highest BCUT2D eigenvalue weighted by Gasteiger charge is 2.49. The van der Waals surface area contributed by atoms with Gasteiger partial charge in [-0.25, -0.2) is 0 Å². The van der Waals surface area contributed by atoms with Crippen LogP contribution in [-0.4, -0.2) is 16.5 Å². The zero-order valence-electron chi connectivity index (χ0n) is 16.9. The molecule has 1 saturated carbocycles. The van der Waals surface area contributed by atoms with E-state index < -0.39 is 16.5 Å². The minimum Gasteiger partial charge on any atom is -0.410 e. The highest BCUT2D eigenvalue weighted by Crippen LogP contribution is 2.53. The third-order valence-electron chi connectivity index (χ3n) is 6.39. The van der Waals surface area contributed by atoms with Crippen LogP contribution in [0.2, 0.25) is 37.3 Å². The van der Waals surface area contributed by atoms with Gasteiger partial charge in [0.2, 0.25) is 0 Å². The summed E-state index contributed by atoms with van der Waals surface area (Å²) >= 11 is 0. The fraction of sp³-hybridized carbons (Fsp3) is 0.455. The largest absolute Gasteiger partial charge is 0.410 e. The first kappa shape index (κ1) is 19.2. The van der Waals surface area contributed by atoms with Crippen LogP contribution in [-0.2, 0) is 0 Å². The summed E-state index contributed by atoms with van der Waals surface area (Å²) in [5.41, 5.74) is 4.24. The van der Waals surface area contributed by atoms with Gasteiger partial charge < -0.3 is 9.96 Å². The summed E-state index contributed by atoms with van der Waals surface area (Å²) in [6, 6.07) is 21.6. The maximum atomic E-state index is 3.95. The lowest BCUT2D eigenvalue weighted by Gasteiger charge is -2.39. The van der Waals surface area contributed by atoms with Gasteiger partial charge in [-0.3, -0.25) is 0 Å². The summed E-state index contributed by atoms with van der Waals surface area (Å²) in [5, 5.41) is 0. The summed E-state index contributed by atoms with van der Waals surface area (Å²) in [6.45, 7) is 12.6. The molecular formula is C22H34N2Si2. The first-order valence-electron chi connectivity index (χ1n) is 9.96. The lowest BCUT2D eigenvalue weighted by Crippen LogP contribution is -2.47. The standard InChI is InChI=1S/C22H34N2Si2/c1-18-21(25(2,3)23-19-12-8-6-9-13-19)16-17-22(18)26(4,5)24-20-14-10-7-11-15-20/h6-15,18,21-24H,16-17H2,1-5H3. The van der Waals surface area contributed by atoms with E-state index in [1.165, 1.54) is 24.2 Å². The molecule has 2 nitrogen and oxygen atoms in total. The van der Waals surface area contributed by atoms with Crippen molar-refractivity contribution >= 4 is 27.8 Å². The van der Waals surface area contributed by atoms with Crippen LogP contribution >= 0.6 is 0 Å². The molecule has 1 aliphatic carbocycles. The van der Waals surface area contributed by atoms with Crippen LogP contribution in [0, 0.1) is 5.92 Å². The number of benzene rings is 2. The highest BCUT2D eigenvalue weighted by molar-refractivity contribution is 6.84. The maximum Gasteiger partial charge on any atom is 0.150 e. The van der Waals surface area contributed by atoms with Crippen LogP contribution in [0.3, 0.4) is 0 Å². The van der Waals surface area contributed by atoms with Gasteiger partial charge in [0.1, 0.15) is 0 Å². The molecule has 26 heavy (non-hydrogen) atoms. The average Bonchev–Trinajstić information content (AvgIpc) is 2.99. The van der Waals surface area contributed by atoms with Crippen LogP contribution in [0.5, 0.6) is 0 Å². The second-order valence-electron chi connectivity index (χ2n) is 9.07. The maximum absolute atomic E-state index is 3.95. The minimum absolute atomic E-state index is 0.783. The molecule has 4 heteroatoms. The average molecular weight is 383 g/mol. The van der Waals surface area contributed by atoms with E-state index in [0.717, 1.165) is 17.0 Å². The van der Waals surface area contributed by atoms with Crippen molar-refractivity contribution in [3.63, 3.8) is 0 Å². The predicted molar refractivity (Wildman–Crippen MR) is 121 cm³/mol. The summed E-state index contributed by atoms with van der Waals surface area (Å²) in [5.74, 6) is 0.783. The van der Waals surface area contributed by atoms with Crippen molar-refractivity contribution in [2.24, 2.45) is 5.92 Å². The molecule has 1 aliphatic rings. The number of para-hydroxylation sites is 2. The molecule has 2 N–H and O–H groups in total. The fourth-order valence-electron chi connectivity index (χ4n) is 5.17. The van der Waals surface area contributed by atoms with E-state index in [1.54, 1.807) is 0 Å². The van der Waals surface area contributed by atoms with Crippen molar-refractivity contribution in [1.82, 2.24) is 0 Å². The smallest absolute Gasteiger partial charge is 0.150 e. The monoisotopic (exact) mass is 382 g/mol. The van der Waals surface area contributed by atoms with Gasteiger partial charge in [0, 0.05) is 11.4 Å². The van der Waals surface area contributed by atoms with Crippen LogP contribution in [0.4, 0.5) is 11.4 Å². The van der Waals surface area contributed by atoms with E-state index >= 15 is 0 Å². The molecule has 3 rings (SSSR count). The van der Waals surface area contributed by atoms with Crippen molar-refractivity contribution in [1.29, 1.82) is 0 Å². The highest BCUT2D eigenvalue weighted by atomic mass is 28.3. The van der Waals surface area contributed by atoms with Gasteiger partial charge in [-0.1, -0.05) is 82.4 Å². The molecule has 0 heterocycles. The predicted octanol–water partition coefficient (Wildman–Crippen LogP) is 6.79. The molecule has 0 radical (unpaired) electrons. The van der Waals surface area contributed by atoms with Crippen LogP contribution in [0.15, 0.2) is 60.7 Å². The van der Waals surface area contributed by atoms with Crippen LogP contribution in [0.1, 0.15) is 19.8 Å². The third-order valence-corrected chi connectivity index (χ3v) is 13.6. The van der Waals surface area contributed by atoms with Gasteiger partial charge in [0.25, 0.3) is 0 Å². The van der Waals surface area contributed by atoms with Gasteiger partial charge in [-0.05, 0) is 41.3 Å². The van der Waals surface area contributed by atoms with Crippen LogP contribution < -0.4 is 9.96 Å². The quantitative estimate of drug-likeness (QED) is 0.537. The fourth-order valence-corrected chi connectivity index (χ4v) is 12.4. The lowest BCUT2D eigenvalue weighted by atomic mass is 10.1. The van der Waals surface area contributed by atoms with Gasteiger partial charge in [-0.2, -0.15) is 0 Å². The Bertz CT molecular complexity index is 639. The Hall–Kier alpha value is -1.53. The zero-order valence-corrected chi connectivity index (χ0v) is 18.9. The molecule has 2 atom stereocenters. The van der Waals surface area contributed by atoms with Crippen molar-refractivity contribution in [3.05, 3.63) is 60.7 Å². The van der Waals surface area contributed by atoms with Gasteiger partial charge in [0.05, 0.1) is 0 Å². The van der Waals surface area contributed by atoms with E-state index in [2.05, 4.69) is 104 Å². The lowest BCUT2D eigenvalue weighted by molar-refractivity contribution is 0.583. The first-order chi connectivity index (χ1) is 12.3. The number of rotatable bonds is 6. The minimum atomic E-state index is -1.54. The summed E-state index contributed by atoms with van der Waals surface area (Å²) in [7, 11) is -3.08. The van der Waals surface area contributed by atoms with E-state index in [1.807, 2.05) is 0 Å². The summed E-state index contributed by atoms with van der Waals surface area (Å²) < 4.78 is 0. The zero-order chi connectivity index (χ0) is 18.8. The Morgan fingerprint density at radius 1 is 0.654 bits per heavy atom. The topological polar surface area (TPSA) is 24.1 Å². The molecule has 2 unspecified atom stereocenters. The Kier molecular flexibility index (Phi) is 5.63. The molecule has 2 aromatic rings. The van der Waals surface area contributed by atoms with Crippen molar-refractivity contribution in [2.75, 3.05) is 9.96 Å². The number of hydrogen-bond donors (Lipinski definition) is 2. The molecule has 0 amide bonds. The molecule has 140 valence electrons. The Morgan fingerprint density at radius 2 is 1.00 bits per heavy atom. The third kappa shape index (κ3) is 4.23. The Labute approximate surface area is 161 Å². The van der Waals surface area contributed by atoms with E-state index in [0.29, 0.717) is 0 Å². The number of hydrogen-bond acceptors (Lipinski definition) is 2. The van der Waals surface area contributed by atoms with E-state index in [-0.39, 0.29) is 0 Å². The second-order valence-corrected chi connectivity index (χ2v) is 17.9. The van der Waals surface area contributed by atoms with Gasteiger partial charge >= 0.3 is 0 Å². The second kappa shape index (κ2) is 7.61. The molecular weight excluding hydrogens is 348 g/mol. The van der Waals surface area contributed by atoms with Crippen molar-refractivity contribution in [3.8, 4) is 0 Å². The van der Waals surface area contributed by atoms with Crippen LogP contribution in [0.25, 0.3) is 0 Å². The van der Waals surface area contributed by atoms with Gasteiger partial charge in [0.15, 0.2) is 16.5 Å². The molecule has 0 aromatic heterocycles. The summed E-state index contributed by atoms with van der Waals surface area (Å²) in [4.78, 5) is 7.89. The normalized spacial score (nSPS) is 23.7. The molecule has 0 bridgehead atoms. The number of anilines is 2. The van der Waals surface area contributed by atoms with E-state index in [4.69, 9.17) is 0 Å². The first-order valence-corrected chi connectivity index (χ1v) is 16.1. The SMILES string of the molecule is CC1C([Si](C)(C)Nc2ccccc2)CCC1[Si](C)(C)Nc1ccccc1. The van der Waals surface area contributed by atoms with Crippen molar-refractivity contribution in [2.45, 2.75) is 57.0 Å². The molecule has 1 fully saturated rings. The Balaban J connectivity index is 1.71. The molecule has 0 aliphatic heterocycles. The molecule has 0 spiro atoms. The summed E-state index contributed by atoms with van der Waals surface area (Å²) in [6.07, 6.45) is 2.75. The van der Waals surface area contributed by atoms with Gasteiger partial charge in [-0.15, -0.1) is 0 Å². The molecule has 2 aromatic carbocycles. The number of nitrogens with one attached hydrogen (secondary N) is 2. The van der Waals surface area contributed by atoms with Crippen molar-refractivity contribution < 1.29 is 0 Å². The molecule has 0 saturated heterocycles.